The molecule has 2 aromatic rings. The van der Waals surface area contributed by atoms with Crippen LogP contribution in [0.4, 0.5) is 8.78 Å². The first-order valence-corrected chi connectivity index (χ1v) is 6.47. The molecule has 0 aliphatic heterocycles. The van der Waals surface area contributed by atoms with Crippen molar-refractivity contribution in [3.05, 3.63) is 64.2 Å². The van der Waals surface area contributed by atoms with Gasteiger partial charge in [0.25, 0.3) is 0 Å². The van der Waals surface area contributed by atoms with Crippen LogP contribution in [0, 0.1) is 11.6 Å². The summed E-state index contributed by atoms with van der Waals surface area (Å²) in [5.74, 6) is -1.19. The Balaban J connectivity index is 2.16. The Hall–Kier alpha value is -1.65. The van der Waals surface area contributed by atoms with E-state index in [4.69, 9.17) is 22.1 Å². The van der Waals surface area contributed by atoms with Crippen molar-refractivity contribution in [2.75, 3.05) is 0 Å². The van der Waals surface area contributed by atoms with Crippen LogP contribution in [0.3, 0.4) is 0 Å². The number of hydrogen-bond donors (Lipinski definition) is 1. The Morgan fingerprint density at radius 3 is 2.55 bits per heavy atom. The fourth-order valence-electron chi connectivity index (χ4n) is 1.80. The highest BCUT2D eigenvalue weighted by Gasteiger charge is 2.10. The van der Waals surface area contributed by atoms with E-state index >= 15 is 0 Å². The molecule has 0 radical (unpaired) electrons. The zero-order chi connectivity index (χ0) is 14.7. The van der Waals surface area contributed by atoms with E-state index in [1.54, 1.807) is 18.2 Å². The van der Waals surface area contributed by atoms with Gasteiger partial charge in [0.15, 0.2) is 11.6 Å². The Bertz CT molecular complexity index is 617. The lowest BCUT2D eigenvalue weighted by atomic mass is 10.1. The van der Waals surface area contributed by atoms with Gasteiger partial charge in [-0.1, -0.05) is 17.7 Å². The third-order valence-electron chi connectivity index (χ3n) is 2.84. The third kappa shape index (κ3) is 3.46. The normalized spacial score (nSPS) is 12.2. The maximum atomic E-state index is 13.1. The van der Waals surface area contributed by atoms with Gasteiger partial charge < -0.3 is 10.5 Å². The van der Waals surface area contributed by atoms with Gasteiger partial charge in [0.1, 0.15) is 12.4 Å². The second kappa shape index (κ2) is 6.20. The first-order chi connectivity index (χ1) is 9.47. The van der Waals surface area contributed by atoms with E-state index in [9.17, 15) is 8.78 Å². The molecule has 1 unspecified atom stereocenters. The molecule has 2 rings (SSSR count). The highest BCUT2D eigenvalue weighted by molar-refractivity contribution is 6.30. The fourth-order valence-corrected chi connectivity index (χ4v) is 1.98. The van der Waals surface area contributed by atoms with Gasteiger partial charge in [-0.05, 0) is 42.8 Å². The maximum absolute atomic E-state index is 13.1. The monoisotopic (exact) mass is 297 g/mol. The first kappa shape index (κ1) is 14.8. The second-order valence-electron chi connectivity index (χ2n) is 4.51. The number of hydrogen-bond acceptors (Lipinski definition) is 2. The van der Waals surface area contributed by atoms with E-state index in [1.807, 2.05) is 6.92 Å². The van der Waals surface area contributed by atoms with Crippen LogP contribution in [0.15, 0.2) is 36.4 Å². The van der Waals surface area contributed by atoms with Gasteiger partial charge in [0.05, 0.1) is 0 Å². The van der Waals surface area contributed by atoms with Crippen LogP contribution in [0.1, 0.15) is 24.1 Å². The molecule has 1 atom stereocenters. The lowest BCUT2D eigenvalue weighted by Crippen LogP contribution is -2.08. The van der Waals surface area contributed by atoms with Crippen LogP contribution in [-0.4, -0.2) is 0 Å². The molecule has 0 aliphatic rings. The van der Waals surface area contributed by atoms with Crippen molar-refractivity contribution in [1.82, 2.24) is 0 Å². The van der Waals surface area contributed by atoms with E-state index in [-0.39, 0.29) is 12.6 Å². The molecule has 0 fully saturated rings. The van der Waals surface area contributed by atoms with Crippen molar-refractivity contribution in [3.63, 3.8) is 0 Å². The van der Waals surface area contributed by atoms with E-state index in [0.717, 1.165) is 17.7 Å². The minimum Gasteiger partial charge on any atom is -0.489 e. The number of benzene rings is 2. The summed E-state index contributed by atoms with van der Waals surface area (Å²) in [6.07, 6.45) is 0. The number of halogens is 3. The molecule has 0 saturated carbocycles. The van der Waals surface area contributed by atoms with Crippen molar-refractivity contribution in [2.45, 2.75) is 19.6 Å². The quantitative estimate of drug-likeness (QED) is 0.917. The minimum absolute atomic E-state index is 0.124. The third-order valence-corrected chi connectivity index (χ3v) is 3.08. The summed E-state index contributed by atoms with van der Waals surface area (Å²) in [4.78, 5) is 0. The predicted octanol–water partition coefficient (Wildman–Crippen LogP) is 4.22. The molecule has 2 N–H and O–H groups in total. The van der Waals surface area contributed by atoms with E-state index in [0.29, 0.717) is 16.3 Å². The van der Waals surface area contributed by atoms with Crippen molar-refractivity contribution < 1.29 is 13.5 Å². The summed E-state index contributed by atoms with van der Waals surface area (Å²) >= 11 is 5.91. The molecule has 0 amide bonds. The number of nitrogens with two attached hydrogens (primary N) is 1. The molecule has 0 aliphatic carbocycles. The topological polar surface area (TPSA) is 35.2 Å². The van der Waals surface area contributed by atoms with E-state index in [1.165, 1.54) is 6.07 Å². The lowest BCUT2D eigenvalue weighted by molar-refractivity contribution is 0.300. The van der Waals surface area contributed by atoms with Gasteiger partial charge in [-0.25, -0.2) is 8.78 Å². The Labute approximate surface area is 121 Å². The van der Waals surface area contributed by atoms with Gasteiger partial charge in [-0.3, -0.25) is 0 Å². The summed E-state index contributed by atoms with van der Waals surface area (Å²) in [5.41, 5.74) is 7.15. The zero-order valence-electron chi connectivity index (χ0n) is 10.9. The van der Waals surface area contributed by atoms with Crippen LogP contribution in [-0.2, 0) is 6.61 Å². The number of rotatable bonds is 4. The van der Waals surface area contributed by atoms with Gasteiger partial charge in [-0.2, -0.15) is 0 Å². The molecule has 5 heteroatoms. The summed E-state index contributed by atoms with van der Waals surface area (Å²) < 4.78 is 31.5. The molecule has 0 heterocycles. The number of ether oxygens (including phenoxy) is 1. The van der Waals surface area contributed by atoms with Crippen molar-refractivity contribution in [2.24, 2.45) is 5.73 Å². The Morgan fingerprint density at radius 1 is 1.15 bits per heavy atom. The highest BCUT2D eigenvalue weighted by atomic mass is 35.5. The van der Waals surface area contributed by atoms with E-state index in [2.05, 4.69) is 0 Å². The van der Waals surface area contributed by atoms with Crippen LogP contribution >= 0.6 is 11.6 Å². The summed E-state index contributed by atoms with van der Waals surface area (Å²) in [5, 5.41) is 0.567. The fraction of sp³-hybridized carbons (Fsp3) is 0.200. The van der Waals surface area contributed by atoms with Crippen LogP contribution in [0.25, 0.3) is 0 Å². The van der Waals surface area contributed by atoms with Crippen LogP contribution in [0.2, 0.25) is 5.02 Å². The first-order valence-electron chi connectivity index (χ1n) is 6.09. The zero-order valence-corrected chi connectivity index (χ0v) is 11.6. The van der Waals surface area contributed by atoms with Crippen LogP contribution in [0.5, 0.6) is 5.75 Å². The van der Waals surface area contributed by atoms with E-state index < -0.39 is 11.6 Å². The molecule has 0 saturated heterocycles. The molecule has 0 aromatic heterocycles. The molecule has 2 aromatic carbocycles. The Kier molecular flexibility index (Phi) is 4.57. The summed E-state index contributed by atoms with van der Waals surface area (Å²) in [7, 11) is 0. The summed E-state index contributed by atoms with van der Waals surface area (Å²) in [6, 6.07) is 8.54. The lowest BCUT2D eigenvalue weighted by Gasteiger charge is -2.14. The van der Waals surface area contributed by atoms with Gasteiger partial charge in [0, 0.05) is 16.6 Å². The largest absolute Gasteiger partial charge is 0.489 e. The van der Waals surface area contributed by atoms with Crippen molar-refractivity contribution in [1.29, 1.82) is 0 Å². The average molecular weight is 298 g/mol. The van der Waals surface area contributed by atoms with Crippen LogP contribution < -0.4 is 10.5 Å². The minimum atomic E-state index is -0.894. The smallest absolute Gasteiger partial charge is 0.159 e. The average Bonchev–Trinajstić information content (AvgIpc) is 2.41. The highest BCUT2D eigenvalue weighted by Crippen LogP contribution is 2.28. The van der Waals surface area contributed by atoms with Gasteiger partial charge in [-0.15, -0.1) is 0 Å². The Morgan fingerprint density at radius 2 is 1.90 bits per heavy atom. The molecule has 20 heavy (non-hydrogen) atoms. The van der Waals surface area contributed by atoms with Gasteiger partial charge >= 0.3 is 0 Å². The molecule has 106 valence electrons. The molecule has 0 spiro atoms. The molecular weight excluding hydrogens is 284 g/mol. The molecular formula is C15H14ClF2NO. The predicted molar refractivity (Wildman–Crippen MR) is 74.7 cm³/mol. The SMILES string of the molecule is CC(N)c1cc(Cl)ccc1OCc1ccc(F)c(F)c1. The van der Waals surface area contributed by atoms with Crippen molar-refractivity contribution in [3.8, 4) is 5.75 Å². The second-order valence-corrected chi connectivity index (χ2v) is 4.94. The molecule has 2 nitrogen and oxygen atoms in total. The molecule has 0 bridgehead atoms. The van der Waals surface area contributed by atoms with Crippen molar-refractivity contribution >= 4 is 11.6 Å². The maximum Gasteiger partial charge on any atom is 0.159 e. The van der Waals surface area contributed by atoms with Gasteiger partial charge in [0.2, 0.25) is 0 Å². The standard InChI is InChI=1S/C15H14ClF2NO/c1-9(19)12-7-11(16)3-5-15(12)20-8-10-2-4-13(17)14(18)6-10/h2-7,9H,8,19H2,1H3. The summed E-state index contributed by atoms with van der Waals surface area (Å²) in [6.45, 7) is 1.94.